The van der Waals surface area contributed by atoms with Gasteiger partial charge in [0.1, 0.15) is 17.7 Å². The monoisotopic (exact) mass is 396 g/mol. The number of hydrogen-bond donors (Lipinski definition) is 2. The maximum atomic E-state index is 13.9. The minimum absolute atomic E-state index is 0.0505. The van der Waals surface area contributed by atoms with E-state index >= 15 is 0 Å². The highest BCUT2D eigenvalue weighted by Gasteiger charge is 2.27. The standard InChI is InChI=1S/C21H25FN6O/c1-12-13(2)26-19(21(29)24-4)27-20(12)28-8-7-17(11-28)25-14(3)15-5-6-16(10-23)18(22)9-15/h5-6,9,14,17,25H,7-8,11H2,1-4H3,(H,24,29)/t14?,17-/m1/s1. The van der Waals surface area contributed by atoms with E-state index in [2.05, 4.69) is 25.5 Å². The number of carbonyl (C=O) groups is 1. The molecule has 152 valence electrons. The van der Waals surface area contributed by atoms with Crippen molar-refractivity contribution in [3.05, 3.63) is 52.2 Å². The lowest BCUT2D eigenvalue weighted by atomic mass is 10.0. The first-order valence-electron chi connectivity index (χ1n) is 9.62. The zero-order chi connectivity index (χ0) is 21.1. The summed E-state index contributed by atoms with van der Waals surface area (Å²) in [7, 11) is 1.56. The molecular weight excluding hydrogens is 371 g/mol. The van der Waals surface area contributed by atoms with E-state index in [0.29, 0.717) is 0 Å². The van der Waals surface area contributed by atoms with Gasteiger partial charge in [0.25, 0.3) is 5.91 Å². The summed E-state index contributed by atoms with van der Waals surface area (Å²) in [5, 5.41) is 15.0. The van der Waals surface area contributed by atoms with Crippen molar-refractivity contribution in [1.29, 1.82) is 5.26 Å². The molecule has 2 heterocycles. The van der Waals surface area contributed by atoms with Crippen molar-refractivity contribution < 1.29 is 9.18 Å². The Morgan fingerprint density at radius 2 is 2.14 bits per heavy atom. The average Bonchev–Trinajstić information content (AvgIpc) is 3.17. The zero-order valence-electron chi connectivity index (χ0n) is 17.1. The molecule has 1 unspecified atom stereocenters. The van der Waals surface area contributed by atoms with Crippen LogP contribution in [0.3, 0.4) is 0 Å². The third-order valence-corrected chi connectivity index (χ3v) is 5.38. The van der Waals surface area contributed by atoms with Gasteiger partial charge in [-0.2, -0.15) is 5.26 Å². The normalized spacial score (nSPS) is 17.1. The van der Waals surface area contributed by atoms with Crippen LogP contribution >= 0.6 is 0 Å². The van der Waals surface area contributed by atoms with Crippen molar-refractivity contribution in [1.82, 2.24) is 20.6 Å². The van der Waals surface area contributed by atoms with E-state index in [1.165, 1.54) is 12.1 Å². The molecule has 1 aliphatic rings. The summed E-state index contributed by atoms with van der Waals surface area (Å²) >= 11 is 0. The van der Waals surface area contributed by atoms with Gasteiger partial charge in [0, 0.05) is 43.5 Å². The Morgan fingerprint density at radius 3 is 2.79 bits per heavy atom. The van der Waals surface area contributed by atoms with E-state index in [0.717, 1.165) is 42.1 Å². The summed E-state index contributed by atoms with van der Waals surface area (Å²) in [4.78, 5) is 22.9. The van der Waals surface area contributed by atoms with Crippen LogP contribution in [-0.2, 0) is 0 Å². The predicted molar refractivity (Wildman–Crippen MR) is 108 cm³/mol. The van der Waals surface area contributed by atoms with Gasteiger partial charge in [0.15, 0.2) is 0 Å². The lowest BCUT2D eigenvalue weighted by molar-refractivity contribution is 0.0952. The number of nitriles is 1. The molecular formula is C21H25FN6O. The molecule has 1 fully saturated rings. The van der Waals surface area contributed by atoms with Gasteiger partial charge in [-0.1, -0.05) is 6.07 Å². The number of aromatic nitrogens is 2. The van der Waals surface area contributed by atoms with Crippen molar-refractivity contribution in [3.8, 4) is 6.07 Å². The van der Waals surface area contributed by atoms with Gasteiger partial charge in [-0.15, -0.1) is 0 Å². The lowest BCUT2D eigenvalue weighted by Gasteiger charge is -2.23. The second kappa shape index (κ2) is 8.53. The quantitative estimate of drug-likeness (QED) is 0.806. The van der Waals surface area contributed by atoms with Crippen LogP contribution in [-0.4, -0.2) is 42.1 Å². The van der Waals surface area contributed by atoms with Crippen LogP contribution in [0.4, 0.5) is 10.2 Å². The number of benzene rings is 1. The number of halogens is 1. The number of nitrogens with one attached hydrogen (secondary N) is 2. The van der Waals surface area contributed by atoms with E-state index < -0.39 is 5.82 Å². The Bertz CT molecular complexity index is 970. The van der Waals surface area contributed by atoms with Gasteiger partial charge in [-0.05, 0) is 44.9 Å². The molecule has 0 bridgehead atoms. The third-order valence-electron chi connectivity index (χ3n) is 5.38. The maximum absolute atomic E-state index is 13.9. The fourth-order valence-corrected chi connectivity index (χ4v) is 3.56. The molecule has 29 heavy (non-hydrogen) atoms. The number of rotatable bonds is 5. The first-order valence-corrected chi connectivity index (χ1v) is 9.62. The molecule has 1 aromatic carbocycles. The molecule has 1 amide bonds. The second-order valence-electron chi connectivity index (χ2n) is 7.33. The molecule has 2 aromatic rings. The van der Waals surface area contributed by atoms with Gasteiger partial charge < -0.3 is 15.5 Å². The Labute approximate surface area is 170 Å². The summed E-state index contributed by atoms with van der Waals surface area (Å²) < 4.78 is 13.9. The van der Waals surface area contributed by atoms with Gasteiger partial charge in [0.2, 0.25) is 5.82 Å². The molecule has 1 aromatic heterocycles. The Morgan fingerprint density at radius 1 is 1.38 bits per heavy atom. The molecule has 0 spiro atoms. The van der Waals surface area contributed by atoms with Crippen LogP contribution in [0.5, 0.6) is 0 Å². The molecule has 7 nitrogen and oxygen atoms in total. The first kappa shape index (κ1) is 20.7. The minimum atomic E-state index is -0.500. The van der Waals surface area contributed by atoms with Crippen molar-refractivity contribution in [3.63, 3.8) is 0 Å². The van der Waals surface area contributed by atoms with Gasteiger partial charge >= 0.3 is 0 Å². The Balaban J connectivity index is 1.72. The summed E-state index contributed by atoms with van der Waals surface area (Å²) in [5.41, 5.74) is 2.59. The van der Waals surface area contributed by atoms with Gasteiger partial charge in [-0.3, -0.25) is 4.79 Å². The van der Waals surface area contributed by atoms with Crippen LogP contribution in [0.1, 0.15) is 52.4 Å². The van der Waals surface area contributed by atoms with Crippen molar-refractivity contribution in [2.75, 3.05) is 25.0 Å². The number of aryl methyl sites for hydroxylation is 1. The third kappa shape index (κ3) is 4.35. The second-order valence-corrected chi connectivity index (χ2v) is 7.33. The van der Waals surface area contributed by atoms with E-state index in [-0.39, 0.29) is 29.4 Å². The predicted octanol–water partition coefficient (Wildman–Crippen LogP) is 2.39. The molecule has 2 N–H and O–H groups in total. The highest BCUT2D eigenvalue weighted by molar-refractivity contribution is 5.90. The van der Waals surface area contributed by atoms with Gasteiger partial charge in [0.05, 0.1) is 5.56 Å². The summed E-state index contributed by atoms with van der Waals surface area (Å²) in [6.07, 6.45) is 0.904. The van der Waals surface area contributed by atoms with E-state index in [1.54, 1.807) is 13.1 Å². The topological polar surface area (TPSA) is 93.9 Å². The molecule has 0 radical (unpaired) electrons. The number of anilines is 1. The Hall–Kier alpha value is -3.05. The fourth-order valence-electron chi connectivity index (χ4n) is 3.56. The summed E-state index contributed by atoms with van der Waals surface area (Å²) in [6.45, 7) is 7.35. The van der Waals surface area contributed by atoms with E-state index in [4.69, 9.17) is 5.26 Å². The van der Waals surface area contributed by atoms with E-state index in [9.17, 15) is 9.18 Å². The average molecular weight is 396 g/mol. The van der Waals surface area contributed by atoms with E-state index in [1.807, 2.05) is 26.8 Å². The minimum Gasteiger partial charge on any atom is -0.355 e. The molecule has 8 heteroatoms. The molecule has 1 aliphatic heterocycles. The van der Waals surface area contributed by atoms with Gasteiger partial charge in [-0.25, -0.2) is 14.4 Å². The SMILES string of the molecule is CNC(=O)c1nc(C)c(C)c(N2CC[C@@H](NC(C)c3ccc(C#N)c(F)c3)C2)n1. The number of amides is 1. The Kier molecular flexibility index (Phi) is 6.09. The molecule has 0 saturated carbocycles. The maximum Gasteiger partial charge on any atom is 0.288 e. The smallest absolute Gasteiger partial charge is 0.288 e. The van der Waals surface area contributed by atoms with Crippen LogP contribution in [0, 0.1) is 31.0 Å². The number of carbonyl (C=O) groups excluding carboxylic acids is 1. The highest BCUT2D eigenvalue weighted by Crippen LogP contribution is 2.25. The summed E-state index contributed by atoms with van der Waals surface area (Å²) in [5.74, 6) is 0.140. The first-order chi connectivity index (χ1) is 13.8. The summed E-state index contributed by atoms with van der Waals surface area (Å²) in [6, 6.07) is 6.68. The highest BCUT2D eigenvalue weighted by atomic mass is 19.1. The number of nitrogens with zero attached hydrogens (tertiary/aromatic N) is 4. The molecule has 2 atom stereocenters. The van der Waals surface area contributed by atoms with Crippen molar-refractivity contribution >= 4 is 11.7 Å². The van der Waals surface area contributed by atoms with Crippen LogP contribution < -0.4 is 15.5 Å². The largest absolute Gasteiger partial charge is 0.355 e. The fraction of sp³-hybridized carbons (Fsp3) is 0.429. The van der Waals surface area contributed by atoms with Crippen LogP contribution in [0.2, 0.25) is 0 Å². The molecule has 0 aliphatic carbocycles. The van der Waals surface area contributed by atoms with Crippen molar-refractivity contribution in [2.45, 2.75) is 39.3 Å². The van der Waals surface area contributed by atoms with Crippen LogP contribution in [0.25, 0.3) is 0 Å². The van der Waals surface area contributed by atoms with Crippen molar-refractivity contribution in [2.24, 2.45) is 0 Å². The molecule has 3 rings (SSSR count). The molecule has 1 saturated heterocycles. The number of hydrogen-bond acceptors (Lipinski definition) is 6. The van der Waals surface area contributed by atoms with Crippen LogP contribution in [0.15, 0.2) is 18.2 Å². The lowest BCUT2D eigenvalue weighted by Crippen LogP contribution is -2.35. The zero-order valence-corrected chi connectivity index (χ0v) is 17.1.